The van der Waals surface area contributed by atoms with Gasteiger partial charge in [-0.15, -0.1) is 0 Å². The molecular weight excluding hydrogens is 394 g/mol. The van der Waals surface area contributed by atoms with Crippen LogP contribution in [0.25, 0.3) is 0 Å². The van der Waals surface area contributed by atoms with Crippen molar-refractivity contribution in [1.82, 2.24) is 16.0 Å². The molecule has 31 heavy (non-hydrogen) atoms. The highest BCUT2D eigenvalue weighted by atomic mass is 16.5. The molecule has 0 heterocycles. The van der Waals surface area contributed by atoms with Gasteiger partial charge in [0.25, 0.3) is 0 Å². The number of hydrogen-bond donors (Lipinski definition) is 3. The minimum absolute atomic E-state index is 0.0327. The number of alkyl carbamates (subject to hydrolysis) is 1. The molecule has 0 aliphatic heterocycles. The van der Waals surface area contributed by atoms with Gasteiger partial charge < -0.3 is 20.1 Å². The van der Waals surface area contributed by atoms with Crippen molar-refractivity contribution in [3.05, 3.63) is 71.3 Å². The summed E-state index contributed by atoms with van der Waals surface area (Å²) in [6.07, 6.45) is -0.265. The maximum atomic E-state index is 12.1. The van der Waals surface area contributed by atoms with Gasteiger partial charge in [-0.25, -0.2) is 4.79 Å². The molecule has 0 fully saturated rings. The fraction of sp³-hybridized carbons (Fsp3) is 0.417. The van der Waals surface area contributed by atoms with Gasteiger partial charge in [0.1, 0.15) is 6.61 Å². The number of aryl methyl sites for hydroxylation is 1. The fourth-order valence-electron chi connectivity index (χ4n) is 3.01. The lowest BCUT2D eigenvalue weighted by atomic mass is 10.1. The minimum atomic E-state index is -0.580. The van der Waals surface area contributed by atoms with Gasteiger partial charge in [-0.3, -0.25) is 10.1 Å². The van der Waals surface area contributed by atoms with E-state index in [0.29, 0.717) is 13.2 Å². The van der Waals surface area contributed by atoms with Gasteiger partial charge in [-0.1, -0.05) is 60.2 Å². The van der Waals surface area contributed by atoms with E-state index in [-0.39, 0.29) is 19.0 Å². The number of esters is 1. The van der Waals surface area contributed by atoms with Crippen molar-refractivity contribution in [1.29, 1.82) is 0 Å². The van der Waals surface area contributed by atoms with Crippen molar-refractivity contribution in [2.45, 2.75) is 46.0 Å². The van der Waals surface area contributed by atoms with Gasteiger partial charge in [0.2, 0.25) is 0 Å². The summed E-state index contributed by atoms with van der Waals surface area (Å²) < 4.78 is 10.3. The number of ether oxygens (including phenoxy) is 2. The smallest absolute Gasteiger partial charge is 0.408 e. The van der Waals surface area contributed by atoms with Gasteiger partial charge in [-0.2, -0.15) is 0 Å². The quantitative estimate of drug-likeness (QED) is 0.258. The highest BCUT2D eigenvalue weighted by Gasteiger charge is 2.17. The zero-order valence-corrected chi connectivity index (χ0v) is 18.4. The SMILES string of the molecule is CCOC(=O)C[C@@H](NCCCNCc1cccc(C)c1)NC(=O)OCc1ccccc1. The summed E-state index contributed by atoms with van der Waals surface area (Å²) in [4.78, 5) is 24.0. The molecule has 3 N–H and O–H groups in total. The molecule has 0 aliphatic rings. The molecule has 0 saturated carbocycles. The van der Waals surface area contributed by atoms with Crippen LogP contribution in [0.3, 0.4) is 0 Å². The number of carbonyl (C=O) groups excluding carboxylic acids is 2. The topological polar surface area (TPSA) is 88.7 Å². The summed E-state index contributed by atoms with van der Waals surface area (Å²) in [6, 6.07) is 17.8. The molecular formula is C24H33N3O4. The Morgan fingerprint density at radius 2 is 1.74 bits per heavy atom. The lowest BCUT2D eigenvalue weighted by Gasteiger charge is -2.19. The van der Waals surface area contributed by atoms with Gasteiger partial charge in [-0.05, 0) is 44.5 Å². The van der Waals surface area contributed by atoms with Crippen LogP contribution in [0.5, 0.6) is 0 Å². The van der Waals surface area contributed by atoms with Crippen molar-refractivity contribution >= 4 is 12.1 Å². The fourth-order valence-corrected chi connectivity index (χ4v) is 3.01. The van der Waals surface area contributed by atoms with Gasteiger partial charge >= 0.3 is 12.1 Å². The largest absolute Gasteiger partial charge is 0.466 e. The molecule has 2 aromatic rings. The van der Waals surface area contributed by atoms with E-state index in [0.717, 1.165) is 25.1 Å². The second-order valence-electron chi connectivity index (χ2n) is 7.24. The first-order chi connectivity index (χ1) is 15.1. The van der Waals surface area contributed by atoms with Crippen molar-refractivity contribution < 1.29 is 19.1 Å². The van der Waals surface area contributed by atoms with Crippen LogP contribution in [0.15, 0.2) is 54.6 Å². The summed E-state index contributed by atoms with van der Waals surface area (Å²) in [5.74, 6) is -0.374. The summed E-state index contributed by atoms with van der Waals surface area (Å²) >= 11 is 0. The molecule has 2 rings (SSSR count). The minimum Gasteiger partial charge on any atom is -0.466 e. The third-order valence-corrected chi connectivity index (χ3v) is 4.51. The Labute approximate surface area is 184 Å². The summed E-state index contributed by atoms with van der Waals surface area (Å²) in [5.41, 5.74) is 3.39. The second kappa shape index (κ2) is 14.2. The van der Waals surface area contributed by atoms with Crippen LogP contribution in [0.2, 0.25) is 0 Å². The molecule has 0 spiro atoms. The average molecular weight is 428 g/mol. The number of hydrogen-bond acceptors (Lipinski definition) is 6. The van der Waals surface area contributed by atoms with Gasteiger partial charge in [0.15, 0.2) is 0 Å². The van der Waals surface area contributed by atoms with Gasteiger partial charge in [0.05, 0.1) is 19.2 Å². The van der Waals surface area contributed by atoms with E-state index in [1.54, 1.807) is 6.92 Å². The highest BCUT2D eigenvalue weighted by molar-refractivity contribution is 5.72. The van der Waals surface area contributed by atoms with Crippen LogP contribution in [-0.2, 0) is 27.4 Å². The summed E-state index contributed by atoms with van der Waals surface area (Å²) in [6.45, 7) is 6.54. The third kappa shape index (κ3) is 10.6. The van der Waals surface area contributed by atoms with E-state index < -0.39 is 12.3 Å². The van der Waals surface area contributed by atoms with Crippen LogP contribution < -0.4 is 16.0 Å². The van der Waals surface area contributed by atoms with Crippen LogP contribution in [0.1, 0.15) is 36.5 Å². The molecule has 2 aromatic carbocycles. The predicted octanol–water partition coefficient (Wildman–Crippen LogP) is 3.27. The van der Waals surface area contributed by atoms with E-state index in [4.69, 9.17) is 9.47 Å². The average Bonchev–Trinajstić information content (AvgIpc) is 2.75. The Morgan fingerprint density at radius 1 is 0.968 bits per heavy atom. The third-order valence-electron chi connectivity index (χ3n) is 4.51. The normalized spacial score (nSPS) is 11.5. The zero-order valence-electron chi connectivity index (χ0n) is 18.4. The second-order valence-corrected chi connectivity index (χ2v) is 7.24. The number of rotatable bonds is 13. The van der Waals surface area contributed by atoms with E-state index in [2.05, 4.69) is 47.1 Å². The Morgan fingerprint density at radius 3 is 2.48 bits per heavy atom. The first-order valence-electron chi connectivity index (χ1n) is 10.7. The van der Waals surface area contributed by atoms with Crippen LogP contribution in [0.4, 0.5) is 4.79 Å². The number of carbonyl (C=O) groups is 2. The standard InChI is InChI=1S/C24H33N3O4/c1-3-30-23(28)16-22(27-24(29)31-18-20-10-5-4-6-11-20)26-14-8-13-25-17-21-12-7-9-19(2)15-21/h4-7,9-12,15,22,25-26H,3,8,13-14,16-18H2,1-2H3,(H,27,29)/t22-/m0/s1. The Kier molecular flexibility index (Phi) is 11.1. The molecule has 7 heteroatoms. The Bertz CT molecular complexity index is 798. The zero-order chi connectivity index (χ0) is 22.3. The molecule has 0 unspecified atom stereocenters. The predicted molar refractivity (Wildman–Crippen MR) is 120 cm³/mol. The Balaban J connectivity index is 1.71. The lowest BCUT2D eigenvalue weighted by Crippen LogP contribution is -2.47. The van der Waals surface area contributed by atoms with E-state index in [9.17, 15) is 9.59 Å². The first-order valence-corrected chi connectivity index (χ1v) is 10.7. The van der Waals surface area contributed by atoms with Crippen molar-refractivity contribution in [2.75, 3.05) is 19.7 Å². The number of benzene rings is 2. The number of amides is 1. The molecule has 1 atom stereocenters. The molecule has 0 radical (unpaired) electrons. The van der Waals surface area contributed by atoms with Crippen molar-refractivity contribution in [3.63, 3.8) is 0 Å². The van der Waals surface area contributed by atoms with Crippen LogP contribution in [-0.4, -0.2) is 37.9 Å². The molecule has 168 valence electrons. The molecule has 0 bridgehead atoms. The summed E-state index contributed by atoms with van der Waals surface area (Å²) in [5, 5.41) is 9.30. The maximum absolute atomic E-state index is 12.1. The van der Waals surface area contributed by atoms with Gasteiger partial charge in [0, 0.05) is 6.54 Å². The first kappa shape index (κ1) is 24.4. The molecule has 0 aromatic heterocycles. The molecule has 0 aliphatic carbocycles. The molecule has 7 nitrogen and oxygen atoms in total. The van der Waals surface area contributed by atoms with E-state index in [1.807, 2.05) is 30.3 Å². The highest BCUT2D eigenvalue weighted by Crippen LogP contribution is 2.03. The lowest BCUT2D eigenvalue weighted by molar-refractivity contribution is -0.143. The van der Waals surface area contributed by atoms with E-state index in [1.165, 1.54) is 11.1 Å². The number of nitrogens with one attached hydrogen (secondary N) is 3. The monoisotopic (exact) mass is 427 g/mol. The molecule has 1 amide bonds. The van der Waals surface area contributed by atoms with Crippen LogP contribution >= 0.6 is 0 Å². The van der Waals surface area contributed by atoms with Crippen molar-refractivity contribution in [2.24, 2.45) is 0 Å². The van der Waals surface area contributed by atoms with Crippen LogP contribution in [0, 0.1) is 6.92 Å². The molecule has 0 saturated heterocycles. The van der Waals surface area contributed by atoms with Crippen molar-refractivity contribution in [3.8, 4) is 0 Å². The Hall–Kier alpha value is -2.90. The summed E-state index contributed by atoms with van der Waals surface area (Å²) in [7, 11) is 0. The van der Waals surface area contributed by atoms with E-state index >= 15 is 0 Å². The maximum Gasteiger partial charge on any atom is 0.408 e.